The highest BCUT2D eigenvalue weighted by atomic mass is 35.5. The molecule has 2 fully saturated rings. The van der Waals surface area contributed by atoms with Gasteiger partial charge in [-0.05, 0) is 56.0 Å². The Balaban J connectivity index is 1.39. The van der Waals surface area contributed by atoms with E-state index in [9.17, 15) is 4.79 Å². The fourth-order valence-corrected chi connectivity index (χ4v) is 4.12. The number of benzene rings is 1. The van der Waals surface area contributed by atoms with Gasteiger partial charge < -0.3 is 15.4 Å². The lowest BCUT2D eigenvalue weighted by Gasteiger charge is -2.33. The molecule has 136 valence electrons. The summed E-state index contributed by atoms with van der Waals surface area (Å²) in [4.78, 5) is 16.8. The van der Waals surface area contributed by atoms with Crippen LogP contribution in [0.2, 0.25) is 5.02 Å². The maximum Gasteiger partial charge on any atom is 0.257 e. The molecule has 3 unspecified atom stereocenters. The van der Waals surface area contributed by atoms with Gasteiger partial charge in [-0.3, -0.25) is 4.79 Å². The second-order valence-electron chi connectivity index (χ2n) is 6.94. The zero-order valence-corrected chi connectivity index (χ0v) is 15.2. The molecule has 26 heavy (non-hydrogen) atoms. The Morgan fingerprint density at radius 1 is 1.19 bits per heavy atom. The summed E-state index contributed by atoms with van der Waals surface area (Å²) in [5.74, 6) is 1.17. The lowest BCUT2D eigenvalue weighted by molar-refractivity contribution is 0.0619. The minimum absolute atomic E-state index is 0.201. The molecule has 1 aromatic heterocycles. The molecular formula is C20H22ClN3O2. The van der Waals surface area contributed by atoms with Gasteiger partial charge in [0.05, 0.1) is 11.7 Å². The van der Waals surface area contributed by atoms with Crippen molar-refractivity contribution < 1.29 is 9.53 Å². The first-order chi connectivity index (χ1) is 12.7. The number of hydrogen-bond acceptors (Lipinski definition) is 4. The van der Waals surface area contributed by atoms with Crippen molar-refractivity contribution in [3.63, 3.8) is 0 Å². The van der Waals surface area contributed by atoms with Gasteiger partial charge in [-0.25, -0.2) is 4.98 Å². The van der Waals surface area contributed by atoms with E-state index in [2.05, 4.69) is 15.6 Å². The molecule has 2 aromatic rings. The van der Waals surface area contributed by atoms with Crippen LogP contribution in [0, 0.1) is 5.92 Å². The van der Waals surface area contributed by atoms with E-state index >= 15 is 0 Å². The fraction of sp³-hybridized carbons (Fsp3) is 0.400. The van der Waals surface area contributed by atoms with Gasteiger partial charge in [0.1, 0.15) is 5.82 Å². The Morgan fingerprint density at radius 2 is 2.12 bits per heavy atom. The minimum atomic E-state index is -0.201. The summed E-state index contributed by atoms with van der Waals surface area (Å²) < 4.78 is 5.82. The summed E-state index contributed by atoms with van der Waals surface area (Å²) in [5.41, 5.74) is 1.18. The van der Waals surface area contributed by atoms with E-state index in [-0.39, 0.29) is 5.91 Å². The molecule has 1 aliphatic heterocycles. The van der Waals surface area contributed by atoms with Crippen molar-refractivity contribution in [1.29, 1.82) is 0 Å². The van der Waals surface area contributed by atoms with E-state index in [1.807, 2.05) is 6.07 Å². The molecule has 1 aliphatic carbocycles. The molecule has 4 rings (SSSR count). The molecule has 1 amide bonds. The highest BCUT2D eigenvalue weighted by molar-refractivity contribution is 6.30. The lowest BCUT2D eigenvalue weighted by Crippen LogP contribution is -2.38. The zero-order chi connectivity index (χ0) is 17.9. The van der Waals surface area contributed by atoms with Crippen LogP contribution in [0.25, 0.3) is 0 Å². The second-order valence-corrected chi connectivity index (χ2v) is 7.38. The summed E-state index contributed by atoms with van der Waals surface area (Å²) in [5, 5.41) is 6.95. The summed E-state index contributed by atoms with van der Waals surface area (Å²) in [7, 11) is 0. The highest BCUT2D eigenvalue weighted by Crippen LogP contribution is 2.35. The number of aromatic nitrogens is 1. The second kappa shape index (κ2) is 7.64. The first-order valence-electron chi connectivity index (χ1n) is 9.10. The summed E-state index contributed by atoms with van der Waals surface area (Å²) in [6.07, 6.45) is 6.60. The van der Waals surface area contributed by atoms with Gasteiger partial charge >= 0.3 is 0 Å². The molecule has 2 aliphatic rings. The average Bonchev–Trinajstić information content (AvgIpc) is 3.12. The van der Waals surface area contributed by atoms with Gasteiger partial charge in [0.15, 0.2) is 0 Å². The van der Waals surface area contributed by atoms with E-state index in [4.69, 9.17) is 16.3 Å². The van der Waals surface area contributed by atoms with E-state index in [0.29, 0.717) is 34.3 Å². The van der Waals surface area contributed by atoms with Crippen LogP contribution in [-0.4, -0.2) is 29.6 Å². The largest absolute Gasteiger partial charge is 0.378 e. The normalized spacial score (nSPS) is 24.7. The van der Waals surface area contributed by atoms with Crippen molar-refractivity contribution in [2.24, 2.45) is 5.92 Å². The van der Waals surface area contributed by atoms with Crippen molar-refractivity contribution in [2.75, 3.05) is 17.2 Å². The van der Waals surface area contributed by atoms with E-state index in [1.54, 1.807) is 36.5 Å². The predicted molar refractivity (Wildman–Crippen MR) is 103 cm³/mol. The van der Waals surface area contributed by atoms with Crippen LogP contribution in [0.15, 0.2) is 42.6 Å². The van der Waals surface area contributed by atoms with Crippen LogP contribution < -0.4 is 10.6 Å². The first-order valence-corrected chi connectivity index (χ1v) is 9.48. The number of pyridine rings is 1. The van der Waals surface area contributed by atoms with E-state index < -0.39 is 0 Å². The summed E-state index contributed by atoms with van der Waals surface area (Å²) in [6.45, 7) is 0.865. The monoisotopic (exact) mass is 371 g/mol. The summed E-state index contributed by atoms with van der Waals surface area (Å²) >= 11 is 5.95. The summed E-state index contributed by atoms with van der Waals surface area (Å²) in [6, 6.07) is 11.1. The molecule has 1 saturated heterocycles. The Kier molecular flexibility index (Phi) is 5.09. The van der Waals surface area contributed by atoms with Crippen LogP contribution in [0.3, 0.4) is 0 Å². The first kappa shape index (κ1) is 17.3. The third kappa shape index (κ3) is 3.84. The Bertz CT molecular complexity index is 781. The zero-order valence-electron chi connectivity index (χ0n) is 14.5. The van der Waals surface area contributed by atoms with E-state index in [1.165, 1.54) is 12.8 Å². The van der Waals surface area contributed by atoms with Gasteiger partial charge in [-0.15, -0.1) is 0 Å². The standard InChI is InChI=1S/C20H22ClN3O2/c21-14-3-1-4-15(11-14)23-20(25)13-7-8-19(22-12-13)24-17-5-2-6-18-16(17)9-10-26-18/h1,3-4,7-8,11-12,16-18H,2,5-6,9-10H2,(H,22,24)(H,23,25). The molecule has 2 heterocycles. The number of nitrogens with one attached hydrogen (secondary N) is 2. The quantitative estimate of drug-likeness (QED) is 0.838. The molecule has 0 spiro atoms. The number of carbonyl (C=O) groups is 1. The highest BCUT2D eigenvalue weighted by Gasteiger charge is 2.37. The number of fused-ring (bicyclic) bond motifs is 1. The number of rotatable bonds is 4. The SMILES string of the molecule is O=C(Nc1cccc(Cl)c1)c1ccc(NC2CCCC3OCCC23)nc1. The van der Waals surface area contributed by atoms with Crippen LogP contribution in [0.1, 0.15) is 36.0 Å². The van der Waals surface area contributed by atoms with Gasteiger partial charge in [0.2, 0.25) is 0 Å². The van der Waals surface area contributed by atoms with Crippen molar-refractivity contribution in [3.05, 3.63) is 53.2 Å². The molecule has 3 atom stereocenters. The number of amides is 1. The van der Waals surface area contributed by atoms with Crippen LogP contribution in [-0.2, 0) is 4.74 Å². The third-order valence-corrected chi connectivity index (χ3v) is 5.46. The predicted octanol–water partition coefficient (Wildman–Crippen LogP) is 4.36. The van der Waals surface area contributed by atoms with Crippen LogP contribution >= 0.6 is 11.6 Å². The number of hydrogen-bond donors (Lipinski definition) is 2. The molecule has 2 N–H and O–H groups in total. The number of nitrogens with zero attached hydrogens (tertiary/aromatic N) is 1. The van der Waals surface area contributed by atoms with Gasteiger partial charge in [-0.1, -0.05) is 17.7 Å². The minimum Gasteiger partial charge on any atom is -0.378 e. The molecular weight excluding hydrogens is 350 g/mol. The molecule has 0 radical (unpaired) electrons. The fourth-order valence-electron chi connectivity index (χ4n) is 3.93. The number of halogens is 1. The average molecular weight is 372 g/mol. The maximum atomic E-state index is 12.3. The Morgan fingerprint density at radius 3 is 2.92 bits per heavy atom. The molecule has 1 saturated carbocycles. The smallest absolute Gasteiger partial charge is 0.257 e. The van der Waals surface area contributed by atoms with Crippen LogP contribution in [0.5, 0.6) is 0 Å². The number of anilines is 2. The lowest BCUT2D eigenvalue weighted by atomic mass is 9.82. The number of ether oxygens (including phenoxy) is 1. The van der Waals surface area contributed by atoms with Crippen LogP contribution in [0.4, 0.5) is 11.5 Å². The van der Waals surface area contributed by atoms with E-state index in [0.717, 1.165) is 25.3 Å². The Hall–Kier alpha value is -2.11. The third-order valence-electron chi connectivity index (χ3n) is 5.22. The molecule has 1 aromatic carbocycles. The molecule has 5 nitrogen and oxygen atoms in total. The maximum absolute atomic E-state index is 12.3. The molecule has 6 heteroatoms. The van der Waals surface area contributed by atoms with Crippen molar-refractivity contribution in [2.45, 2.75) is 37.8 Å². The van der Waals surface area contributed by atoms with Gasteiger partial charge in [0, 0.05) is 35.5 Å². The van der Waals surface area contributed by atoms with Gasteiger partial charge in [0.25, 0.3) is 5.91 Å². The number of carbonyl (C=O) groups excluding carboxylic acids is 1. The van der Waals surface area contributed by atoms with Crippen molar-refractivity contribution >= 4 is 29.0 Å². The molecule has 0 bridgehead atoms. The topological polar surface area (TPSA) is 63.2 Å². The Labute approximate surface area is 158 Å². The van der Waals surface area contributed by atoms with Crippen molar-refractivity contribution in [3.8, 4) is 0 Å². The van der Waals surface area contributed by atoms with Gasteiger partial charge in [-0.2, -0.15) is 0 Å². The van der Waals surface area contributed by atoms with Crippen molar-refractivity contribution in [1.82, 2.24) is 4.98 Å².